The fourth-order valence-corrected chi connectivity index (χ4v) is 1.09. The molecule has 0 unspecified atom stereocenters. The summed E-state index contributed by atoms with van der Waals surface area (Å²) in [5.41, 5.74) is 0.971. The third-order valence-electron chi connectivity index (χ3n) is 1.76. The molecule has 0 fully saturated rings. The largest absolute Gasteiger partial charge is 0.495 e. The van der Waals surface area contributed by atoms with E-state index < -0.39 is 0 Å². The lowest BCUT2D eigenvalue weighted by Crippen LogP contribution is -2.04. The molecule has 2 N–H and O–H groups in total. The number of para-hydroxylation sites is 2. The number of aliphatic hydroxyl groups is 1. The van der Waals surface area contributed by atoms with E-state index in [2.05, 4.69) is 5.32 Å². The van der Waals surface area contributed by atoms with E-state index >= 15 is 0 Å². The van der Waals surface area contributed by atoms with Crippen molar-refractivity contribution < 1.29 is 9.84 Å². The molecule has 72 valence electrons. The Hall–Kier alpha value is -1.22. The Kier molecular flexibility index (Phi) is 4.12. The van der Waals surface area contributed by atoms with Crippen molar-refractivity contribution >= 4 is 5.69 Å². The van der Waals surface area contributed by atoms with E-state index in [1.807, 2.05) is 24.3 Å². The number of nitrogens with one attached hydrogen (secondary N) is 1. The summed E-state index contributed by atoms with van der Waals surface area (Å²) in [7, 11) is 1.65. The van der Waals surface area contributed by atoms with Crippen molar-refractivity contribution in [1.82, 2.24) is 0 Å². The third kappa shape index (κ3) is 2.95. The quantitative estimate of drug-likeness (QED) is 0.676. The topological polar surface area (TPSA) is 41.5 Å². The minimum absolute atomic E-state index is 0.210. The minimum Gasteiger partial charge on any atom is -0.495 e. The summed E-state index contributed by atoms with van der Waals surface area (Å²) in [6.07, 6.45) is 0.748. The number of benzene rings is 1. The van der Waals surface area contributed by atoms with Gasteiger partial charge in [-0.05, 0) is 18.6 Å². The summed E-state index contributed by atoms with van der Waals surface area (Å²) in [5.74, 6) is 0.834. The first-order chi connectivity index (χ1) is 6.38. The lowest BCUT2D eigenvalue weighted by atomic mass is 10.3. The molecule has 0 bridgehead atoms. The first-order valence-corrected chi connectivity index (χ1v) is 4.36. The van der Waals surface area contributed by atoms with Gasteiger partial charge in [-0.15, -0.1) is 0 Å². The molecule has 3 nitrogen and oxygen atoms in total. The first-order valence-electron chi connectivity index (χ1n) is 4.36. The van der Waals surface area contributed by atoms with Crippen LogP contribution in [0.15, 0.2) is 24.3 Å². The van der Waals surface area contributed by atoms with Gasteiger partial charge in [0.2, 0.25) is 0 Å². The van der Waals surface area contributed by atoms with Crippen molar-refractivity contribution in [2.24, 2.45) is 0 Å². The summed E-state index contributed by atoms with van der Waals surface area (Å²) in [6, 6.07) is 7.73. The van der Waals surface area contributed by atoms with Crippen LogP contribution in [0.4, 0.5) is 5.69 Å². The molecule has 1 rings (SSSR count). The van der Waals surface area contributed by atoms with Crippen LogP contribution in [0.1, 0.15) is 6.42 Å². The monoisotopic (exact) mass is 181 g/mol. The molecule has 0 saturated carbocycles. The van der Waals surface area contributed by atoms with E-state index in [1.165, 1.54) is 0 Å². The predicted octanol–water partition coefficient (Wildman–Crippen LogP) is 1.49. The number of rotatable bonds is 5. The molecule has 0 spiro atoms. The highest BCUT2D eigenvalue weighted by Gasteiger charge is 1.98. The Morgan fingerprint density at radius 3 is 2.85 bits per heavy atom. The Morgan fingerprint density at radius 2 is 2.15 bits per heavy atom. The fourth-order valence-electron chi connectivity index (χ4n) is 1.09. The van der Waals surface area contributed by atoms with Crippen LogP contribution in [0.2, 0.25) is 0 Å². The Morgan fingerprint density at radius 1 is 1.38 bits per heavy atom. The third-order valence-corrected chi connectivity index (χ3v) is 1.76. The molecule has 3 heteroatoms. The molecular weight excluding hydrogens is 166 g/mol. The summed E-state index contributed by atoms with van der Waals surface area (Å²) in [6.45, 7) is 0.971. The number of ether oxygens (including phenoxy) is 1. The van der Waals surface area contributed by atoms with Crippen LogP contribution in [-0.4, -0.2) is 25.4 Å². The molecule has 1 aromatic rings. The molecule has 0 heterocycles. The van der Waals surface area contributed by atoms with Crippen molar-refractivity contribution in [3.8, 4) is 5.75 Å². The van der Waals surface area contributed by atoms with Gasteiger partial charge in [-0.25, -0.2) is 0 Å². The number of methoxy groups -OCH3 is 1. The molecule has 0 radical (unpaired) electrons. The SMILES string of the molecule is COc1ccccc1NCCCO. The van der Waals surface area contributed by atoms with Crippen LogP contribution in [0.25, 0.3) is 0 Å². The number of hydrogen-bond acceptors (Lipinski definition) is 3. The lowest BCUT2D eigenvalue weighted by molar-refractivity contribution is 0.292. The zero-order chi connectivity index (χ0) is 9.52. The highest BCUT2D eigenvalue weighted by atomic mass is 16.5. The van der Waals surface area contributed by atoms with Gasteiger partial charge in [-0.3, -0.25) is 0 Å². The fraction of sp³-hybridized carbons (Fsp3) is 0.400. The van der Waals surface area contributed by atoms with E-state index in [1.54, 1.807) is 7.11 Å². The number of hydrogen-bond donors (Lipinski definition) is 2. The van der Waals surface area contributed by atoms with Crippen LogP contribution in [0.3, 0.4) is 0 Å². The number of anilines is 1. The van der Waals surface area contributed by atoms with Crippen molar-refractivity contribution in [2.75, 3.05) is 25.6 Å². The van der Waals surface area contributed by atoms with Crippen molar-refractivity contribution in [2.45, 2.75) is 6.42 Å². The van der Waals surface area contributed by atoms with Gasteiger partial charge in [-0.2, -0.15) is 0 Å². The van der Waals surface area contributed by atoms with Gasteiger partial charge >= 0.3 is 0 Å². The average molecular weight is 181 g/mol. The molecule has 0 atom stereocenters. The zero-order valence-electron chi connectivity index (χ0n) is 7.79. The average Bonchev–Trinajstić information content (AvgIpc) is 2.19. The summed E-state index contributed by atoms with van der Waals surface area (Å²) >= 11 is 0. The molecule has 0 aromatic heterocycles. The Bertz CT molecular complexity index is 250. The van der Waals surface area contributed by atoms with Crippen molar-refractivity contribution in [3.05, 3.63) is 24.3 Å². The maximum Gasteiger partial charge on any atom is 0.141 e. The molecule has 0 saturated heterocycles. The van der Waals surface area contributed by atoms with Gasteiger partial charge in [0.25, 0.3) is 0 Å². The van der Waals surface area contributed by atoms with Gasteiger partial charge < -0.3 is 15.2 Å². The molecule has 0 amide bonds. The van der Waals surface area contributed by atoms with Crippen molar-refractivity contribution in [3.63, 3.8) is 0 Å². The Balaban J connectivity index is 2.54. The van der Waals surface area contributed by atoms with E-state index in [0.717, 1.165) is 24.4 Å². The van der Waals surface area contributed by atoms with Gasteiger partial charge in [0, 0.05) is 13.2 Å². The maximum atomic E-state index is 8.60. The maximum absolute atomic E-state index is 8.60. The van der Waals surface area contributed by atoms with E-state index in [0.29, 0.717) is 0 Å². The predicted molar refractivity (Wildman–Crippen MR) is 53.2 cm³/mol. The van der Waals surface area contributed by atoms with Gasteiger partial charge in [0.05, 0.1) is 12.8 Å². The summed E-state index contributed by atoms with van der Waals surface area (Å²) in [5, 5.41) is 11.8. The van der Waals surface area contributed by atoms with Crippen LogP contribution in [0, 0.1) is 0 Å². The Labute approximate surface area is 78.3 Å². The van der Waals surface area contributed by atoms with Crippen molar-refractivity contribution in [1.29, 1.82) is 0 Å². The first kappa shape index (κ1) is 9.86. The molecule has 0 aliphatic heterocycles. The molecule has 13 heavy (non-hydrogen) atoms. The van der Waals surface area contributed by atoms with Crippen LogP contribution >= 0.6 is 0 Å². The van der Waals surface area contributed by atoms with Gasteiger partial charge in [-0.1, -0.05) is 12.1 Å². The minimum atomic E-state index is 0.210. The second kappa shape index (κ2) is 5.43. The lowest BCUT2D eigenvalue weighted by Gasteiger charge is -2.09. The second-order valence-electron chi connectivity index (χ2n) is 2.70. The van der Waals surface area contributed by atoms with E-state index in [9.17, 15) is 0 Å². The van der Waals surface area contributed by atoms with Crippen LogP contribution < -0.4 is 10.1 Å². The highest BCUT2D eigenvalue weighted by Crippen LogP contribution is 2.22. The normalized spacial score (nSPS) is 9.69. The smallest absolute Gasteiger partial charge is 0.141 e. The molecule has 0 aliphatic carbocycles. The summed E-state index contributed by atoms with van der Waals surface area (Å²) in [4.78, 5) is 0. The molecule has 1 aromatic carbocycles. The van der Waals surface area contributed by atoms with E-state index in [-0.39, 0.29) is 6.61 Å². The van der Waals surface area contributed by atoms with E-state index in [4.69, 9.17) is 9.84 Å². The molecular formula is C10H15NO2. The summed E-state index contributed by atoms with van der Waals surface area (Å²) < 4.78 is 5.15. The highest BCUT2D eigenvalue weighted by molar-refractivity contribution is 5.55. The zero-order valence-corrected chi connectivity index (χ0v) is 7.79. The second-order valence-corrected chi connectivity index (χ2v) is 2.70. The molecule has 0 aliphatic rings. The number of aliphatic hydroxyl groups excluding tert-OH is 1. The van der Waals surface area contributed by atoms with Gasteiger partial charge in [0.15, 0.2) is 0 Å². The van der Waals surface area contributed by atoms with Gasteiger partial charge in [0.1, 0.15) is 5.75 Å². The van der Waals surface area contributed by atoms with Crippen LogP contribution in [-0.2, 0) is 0 Å². The standard InChI is InChI=1S/C10H15NO2/c1-13-10-6-3-2-5-9(10)11-7-4-8-12/h2-3,5-6,11-12H,4,7-8H2,1H3. The van der Waals surface area contributed by atoms with Crippen LogP contribution in [0.5, 0.6) is 5.75 Å².